The number of carbonyl (C=O) groups is 1. The fourth-order valence-corrected chi connectivity index (χ4v) is 4.27. The number of benzene rings is 1. The highest BCUT2D eigenvalue weighted by atomic mass is 32.1. The zero-order chi connectivity index (χ0) is 21.7. The second-order valence-electron chi connectivity index (χ2n) is 6.60. The number of fused-ring (bicyclic) bond motifs is 1. The van der Waals surface area contributed by atoms with Gasteiger partial charge in [-0.2, -0.15) is 10.2 Å². The van der Waals surface area contributed by atoms with E-state index in [2.05, 4.69) is 22.6 Å². The van der Waals surface area contributed by atoms with E-state index < -0.39 is 0 Å². The lowest BCUT2D eigenvalue weighted by atomic mass is 10.1. The molecule has 30 heavy (non-hydrogen) atoms. The molecule has 1 amide bonds. The summed E-state index contributed by atoms with van der Waals surface area (Å²) in [6.07, 6.45) is 1.70. The molecule has 0 bridgehead atoms. The number of hydrogen-bond acceptors (Lipinski definition) is 7. The monoisotopic (exact) mass is 422 g/mol. The number of nitriles is 1. The third-order valence-corrected chi connectivity index (χ3v) is 5.73. The number of carbonyl (C=O) groups excluding carboxylic acids is 1. The van der Waals surface area contributed by atoms with E-state index in [1.165, 1.54) is 11.3 Å². The van der Waals surface area contributed by atoms with Crippen molar-refractivity contribution in [3.63, 3.8) is 0 Å². The van der Waals surface area contributed by atoms with Gasteiger partial charge >= 0.3 is 0 Å². The van der Waals surface area contributed by atoms with Crippen molar-refractivity contribution in [1.82, 2.24) is 14.9 Å². The Hall–Kier alpha value is -3.28. The molecule has 0 N–H and O–H groups in total. The van der Waals surface area contributed by atoms with Crippen LogP contribution >= 0.6 is 11.3 Å². The Bertz CT molecular complexity index is 1120. The first-order chi connectivity index (χ1) is 14.5. The fourth-order valence-electron chi connectivity index (χ4n) is 3.11. The molecular formula is C22H22N4O3S. The fraction of sp³-hybridized carbons (Fsp3) is 0.273. The van der Waals surface area contributed by atoms with Gasteiger partial charge in [0.1, 0.15) is 11.4 Å². The van der Waals surface area contributed by atoms with Gasteiger partial charge in [0, 0.05) is 20.2 Å². The normalized spacial score (nSPS) is 10.6. The summed E-state index contributed by atoms with van der Waals surface area (Å²) in [6.45, 7) is 6.71. The molecule has 154 valence electrons. The van der Waals surface area contributed by atoms with Gasteiger partial charge in [0.15, 0.2) is 5.82 Å². The van der Waals surface area contributed by atoms with Gasteiger partial charge in [0.05, 0.1) is 29.0 Å². The van der Waals surface area contributed by atoms with E-state index >= 15 is 0 Å². The lowest BCUT2D eigenvalue weighted by Crippen LogP contribution is -2.30. The Labute approximate surface area is 179 Å². The lowest BCUT2D eigenvalue weighted by molar-refractivity contribution is 0.0767. The van der Waals surface area contributed by atoms with Crippen LogP contribution in [0.1, 0.15) is 32.2 Å². The second kappa shape index (κ2) is 9.48. The van der Waals surface area contributed by atoms with Crippen molar-refractivity contribution in [2.24, 2.45) is 0 Å². The van der Waals surface area contributed by atoms with E-state index in [-0.39, 0.29) is 12.5 Å². The molecule has 0 saturated carbocycles. The number of nitrogens with zero attached hydrogens (tertiary/aromatic N) is 4. The van der Waals surface area contributed by atoms with Crippen molar-refractivity contribution in [2.45, 2.75) is 20.1 Å². The largest absolute Gasteiger partial charge is 0.480 e. The van der Waals surface area contributed by atoms with Crippen molar-refractivity contribution in [2.75, 3.05) is 20.8 Å². The van der Waals surface area contributed by atoms with Gasteiger partial charge < -0.3 is 14.4 Å². The molecule has 3 aromatic rings. The van der Waals surface area contributed by atoms with E-state index in [4.69, 9.17) is 14.7 Å². The summed E-state index contributed by atoms with van der Waals surface area (Å²) in [5.74, 6) is 0.819. The van der Waals surface area contributed by atoms with E-state index in [1.807, 2.05) is 19.1 Å². The Morgan fingerprint density at radius 1 is 1.30 bits per heavy atom. The highest BCUT2D eigenvalue weighted by Crippen LogP contribution is 2.36. The Morgan fingerprint density at radius 2 is 2.03 bits per heavy atom. The van der Waals surface area contributed by atoms with Crippen LogP contribution in [-0.4, -0.2) is 41.5 Å². The third-order valence-electron chi connectivity index (χ3n) is 4.56. The summed E-state index contributed by atoms with van der Waals surface area (Å²) in [5.41, 5.74) is 2.30. The molecule has 0 aliphatic carbocycles. The molecule has 8 heteroatoms. The molecular weight excluding hydrogens is 400 g/mol. The molecule has 0 aliphatic rings. The predicted octanol–water partition coefficient (Wildman–Crippen LogP) is 3.85. The maximum atomic E-state index is 13.4. The standard InChI is InChI=1S/C22H22N4O3S/c1-5-10-26(12-16-8-6-15(11-23)7-9-16)22(27)19-14(2)18-20(29-4)24-17(13-28-3)25-21(18)30-19/h5-9H,1,10,12-13H2,2-4H3. The average molecular weight is 423 g/mol. The van der Waals surface area contributed by atoms with Gasteiger partial charge in [-0.1, -0.05) is 18.2 Å². The SMILES string of the molecule is C=CCN(Cc1ccc(C#N)cc1)C(=O)c1sc2nc(COC)nc(OC)c2c1C. The number of aromatic nitrogens is 2. The quantitative estimate of drug-likeness (QED) is 0.512. The number of amides is 1. The van der Waals surface area contributed by atoms with Crippen LogP contribution < -0.4 is 4.74 Å². The van der Waals surface area contributed by atoms with Crippen LogP contribution in [0.15, 0.2) is 36.9 Å². The van der Waals surface area contributed by atoms with Crippen molar-refractivity contribution < 1.29 is 14.3 Å². The Balaban J connectivity index is 1.98. The molecule has 1 aromatic carbocycles. The molecule has 7 nitrogen and oxygen atoms in total. The van der Waals surface area contributed by atoms with Crippen molar-refractivity contribution in [3.8, 4) is 11.9 Å². The van der Waals surface area contributed by atoms with Crippen LogP contribution in [0.2, 0.25) is 0 Å². The molecule has 0 fully saturated rings. The average Bonchev–Trinajstić information content (AvgIpc) is 3.09. The summed E-state index contributed by atoms with van der Waals surface area (Å²) in [5, 5.41) is 9.71. The zero-order valence-electron chi connectivity index (χ0n) is 17.1. The Morgan fingerprint density at radius 3 is 2.63 bits per heavy atom. The second-order valence-corrected chi connectivity index (χ2v) is 7.60. The number of hydrogen-bond donors (Lipinski definition) is 0. The summed E-state index contributed by atoms with van der Waals surface area (Å²) < 4.78 is 10.6. The summed E-state index contributed by atoms with van der Waals surface area (Å²) in [6, 6.07) is 9.29. The minimum Gasteiger partial charge on any atom is -0.480 e. The number of rotatable bonds is 8. The predicted molar refractivity (Wildman–Crippen MR) is 116 cm³/mol. The van der Waals surface area contributed by atoms with Gasteiger partial charge in [-0.15, -0.1) is 17.9 Å². The highest BCUT2D eigenvalue weighted by Gasteiger charge is 2.24. The number of ether oxygens (including phenoxy) is 2. The molecule has 2 heterocycles. The van der Waals surface area contributed by atoms with Crippen LogP contribution in [0.5, 0.6) is 5.88 Å². The van der Waals surface area contributed by atoms with E-state index in [0.717, 1.165) is 16.5 Å². The minimum atomic E-state index is -0.116. The van der Waals surface area contributed by atoms with Crippen molar-refractivity contribution >= 4 is 27.5 Å². The van der Waals surface area contributed by atoms with Crippen LogP contribution in [-0.2, 0) is 17.9 Å². The topological polar surface area (TPSA) is 88.3 Å². The minimum absolute atomic E-state index is 0.116. The molecule has 0 atom stereocenters. The van der Waals surface area contributed by atoms with Crippen LogP contribution in [0.4, 0.5) is 0 Å². The maximum Gasteiger partial charge on any atom is 0.264 e. The first-order valence-electron chi connectivity index (χ1n) is 9.24. The van der Waals surface area contributed by atoms with Gasteiger partial charge in [-0.3, -0.25) is 4.79 Å². The smallest absolute Gasteiger partial charge is 0.264 e. The molecule has 0 saturated heterocycles. The van der Waals surface area contributed by atoms with Gasteiger partial charge in [0.25, 0.3) is 5.91 Å². The number of methoxy groups -OCH3 is 2. The molecule has 3 rings (SSSR count). The number of thiophene rings is 1. The van der Waals surface area contributed by atoms with Gasteiger partial charge in [-0.05, 0) is 30.2 Å². The maximum absolute atomic E-state index is 13.4. The van der Waals surface area contributed by atoms with Crippen LogP contribution in [0, 0.1) is 18.3 Å². The first kappa shape index (κ1) is 21.4. The number of aryl methyl sites for hydroxylation is 1. The highest BCUT2D eigenvalue weighted by molar-refractivity contribution is 7.20. The van der Waals surface area contributed by atoms with Crippen LogP contribution in [0.25, 0.3) is 10.2 Å². The zero-order valence-corrected chi connectivity index (χ0v) is 18.0. The summed E-state index contributed by atoms with van der Waals surface area (Å²) >= 11 is 1.32. The van der Waals surface area contributed by atoms with E-state index in [0.29, 0.717) is 40.1 Å². The Kier molecular flexibility index (Phi) is 6.77. The van der Waals surface area contributed by atoms with Crippen LogP contribution in [0.3, 0.4) is 0 Å². The third kappa shape index (κ3) is 4.32. The van der Waals surface area contributed by atoms with Gasteiger partial charge in [-0.25, -0.2) is 4.98 Å². The molecule has 0 radical (unpaired) electrons. The van der Waals surface area contributed by atoms with Crippen molar-refractivity contribution in [3.05, 3.63) is 64.3 Å². The molecule has 0 spiro atoms. The lowest BCUT2D eigenvalue weighted by Gasteiger charge is -2.21. The first-order valence-corrected chi connectivity index (χ1v) is 10.1. The summed E-state index contributed by atoms with van der Waals surface area (Å²) in [4.78, 5) is 25.3. The van der Waals surface area contributed by atoms with Gasteiger partial charge in [0.2, 0.25) is 5.88 Å². The van der Waals surface area contributed by atoms with Crippen molar-refractivity contribution in [1.29, 1.82) is 5.26 Å². The van der Waals surface area contributed by atoms with E-state index in [1.54, 1.807) is 37.3 Å². The molecule has 0 aliphatic heterocycles. The molecule has 0 unspecified atom stereocenters. The van der Waals surface area contributed by atoms with E-state index in [9.17, 15) is 4.79 Å². The molecule has 2 aromatic heterocycles. The summed E-state index contributed by atoms with van der Waals surface area (Å²) in [7, 11) is 3.12.